The van der Waals surface area contributed by atoms with E-state index >= 15 is 0 Å². The zero-order chi connectivity index (χ0) is 25.6. The molecule has 0 heterocycles. The second-order valence-electron chi connectivity index (χ2n) is 8.16. The molecule has 0 radical (unpaired) electrons. The molecule has 10 N–H and O–H groups in total. The molecule has 0 bridgehead atoms. The van der Waals surface area contributed by atoms with Crippen LogP contribution in [0.15, 0.2) is 4.99 Å². The monoisotopic (exact) mass is 489 g/mol. The SMILES string of the molecule is CSCCC(NC(=O)C(C)NC(=O)C(N)CC(C)C)C(=O)NC(CCCN=C(N)N)C(=O)O. The van der Waals surface area contributed by atoms with Crippen LogP contribution in [-0.2, 0) is 19.2 Å². The smallest absolute Gasteiger partial charge is 0.326 e. The highest BCUT2D eigenvalue weighted by molar-refractivity contribution is 7.98. The van der Waals surface area contributed by atoms with Crippen molar-refractivity contribution >= 4 is 41.4 Å². The molecular formula is C20H39N7O5S. The Bertz CT molecular complexity index is 686. The number of amides is 3. The van der Waals surface area contributed by atoms with E-state index in [-0.39, 0.29) is 31.3 Å². The summed E-state index contributed by atoms with van der Waals surface area (Å²) in [6, 6.07) is -3.79. The highest BCUT2D eigenvalue weighted by Gasteiger charge is 2.28. The first-order valence-electron chi connectivity index (χ1n) is 10.8. The quantitative estimate of drug-likeness (QED) is 0.0779. The van der Waals surface area contributed by atoms with E-state index in [1.165, 1.54) is 18.7 Å². The summed E-state index contributed by atoms with van der Waals surface area (Å²) < 4.78 is 0. The third kappa shape index (κ3) is 13.6. The third-order valence-corrected chi connectivity index (χ3v) is 5.26. The lowest BCUT2D eigenvalue weighted by atomic mass is 10.0. The number of carboxylic acids is 1. The van der Waals surface area contributed by atoms with Gasteiger partial charge in [-0.25, -0.2) is 4.79 Å². The van der Waals surface area contributed by atoms with Gasteiger partial charge in [0.1, 0.15) is 18.1 Å². The molecule has 0 aliphatic carbocycles. The number of aliphatic imine (C=N–C) groups is 1. The predicted molar refractivity (Wildman–Crippen MR) is 129 cm³/mol. The van der Waals surface area contributed by atoms with Crippen molar-refractivity contribution in [1.82, 2.24) is 16.0 Å². The molecule has 0 spiro atoms. The van der Waals surface area contributed by atoms with Crippen molar-refractivity contribution in [2.45, 2.75) is 70.6 Å². The largest absolute Gasteiger partial charge is 0.480 e. The Hall–Kier alpha value is -2.54. The minimum atomic E-state index is -1.21. The summed E-state index contributed by atoms with van der Waals surface area (Å²) in [5.41, 5.74) is 16.3. The van der Waals surface area contributed by atoms with Crippen molar-refractivity contribution < 1.29 is 24.3 Å². The van der Waals surface area contributed by atoms with E-state index in [0.29, 0.717) is 18.6 Å². The van der Waals surface area contributed by atoms with Gasteiger partial charge in [0.25, 0.3) is 0 Å². The molecule has 4 atom stereocenters. The van der Waals surface area contributed by atoms with Gasteiger partial charge in [-0.2, -0.15) is 11.8 Å². The number of guanidine groups is 1. The van der Waals surface area contributed by atoms with Crippen LogP contribution in [0.5, 0.6) is 0 Å². The van der Waals surface area contributed by atoms with Gasteiger partial charge in [-0.1, -0.05) is 13.8 Å². The molecule has 0 rings (SSSR count). The van der Waals surface area contributed by atoms with Gasteiger partial charge < -0.3 is 38.3 Å². The fourth-order valence-corrected chi connectivity index (χ4v) is 3.31. The number of carboxylic acid groups (broad SMARTS) is 1. The lowest BCUT2D eigenvalue weighted by Crippen LogP contribution is -2.56. The standard InChI is InChI=1S/C20H39N7O5S/c1-11(2)10-13(21)17(29)25-12(3)16(28)26-14(7-9-33-4)18(30)27-15(19(31)32)6-5-8-24-20(22)23/h11-15H,5-10,21H2,1-4H3,(H,25,29)(H,26,28)(H,27,30)(H,31,32)(H4,22,23,24). The van der Waals surface area contributed by atoms with E-state index in [0.717, 1.165) is 0 Å². The van der Waals surface area contributed by atoms with Gasteiger partial charge in [-0.3, -0.25) is 19.4 Å². The Labute approximate surface area is 199 Å². The van der Waals surface area contributed by atoms with E-state index in [4.69, 9.17) is 17.2 Å². The van der Waals surface area contributed by atoms with Crippen LogP contribution in [0.3, 0.4) is 0 Å². The molecular weight excluding hydrogens is 450 g/mol. The number of rotatable bonds is 16. The van der Waals surface area contributed by atoms with Gasteiger partial charge in [0.05, 0.1) is 6.04 Å². The summed E-state index contributed by atoms with van der Waals surface area (Å²) in [5, 5.41) is 17.0. The van der Waals surface area contributed by atoms with Crippen molar-refractivity contribution in [1.29, 1.82) is 0 Å². The molecule has 0 saturated heterocycles. The number of hydrogen-bond acceptors (Lipinski definition) is 7. The van der Waals surface area contributed by atoms with Crippen molar-refractivity contribution in [3.63, 3.8) is 0 Å². The van der Waals surface area contributed by atoms with Crippen LogP contribution in [0.2, 0.25) is 0 Å². The first-order chi connectivity index (χ1) is 15.4. The topological polar surface area (TPSA) is 215 Å². The van der Waals surface area contributed by atoms with E-state index in [9.17, 15) is 24.3 Å². The highest BCUT2D eigenvalue weighted by Crippen LogP contribution is 2.06. The van der Waals surface area contributed by atoms with E-state index < -0.39 is 47.9 Å². The van der Waals surface area contributed by atoms with Crippen LogP contribution in [0.25, 0.3) is 0 Å². The van der Waals surface area contributed by atoms with Crippen molar-refractivity contribution in [3.05, 3.63) is 0 Å². The van der Waals surface area contributed by atoms with Crippen molar-refractivity contribution in [3.8, 4) is 0 Å². The lowest BCUT2D eigenvalue weighted by Gasteiger charge is -2.24. The average Bonchev–Trinajstić information content (AvgIpc) is 2.71. The van der Waals surface area contributed by atoms with E-state index in [2.05, 4.69) is 20.9 Å². The van der Waals surface area contributed by atoms with E-state index in [1.54, 1.807) is 0 Å². The summed E-state index contributed by atoms with van der Waals surface area (Å²) in [6.45, 7) is 5.58. The number of carbonyl (C=O) groups excluding carboxylic acids is 3. The van der Waals surface area contributed by atoms with Crippen LogP contribution in [0.1, 0.15) is 46.5 Å². The van der Waals surface area contributed by atoms with Crippen LogP contribution in [-0.4, -0.2) is 77.5 Å². The molecule has 0 aliphatic rings. The summed E-state index contributed by atoms with van der Waals surface area (Å²) in [6.07, 6.45) is 3.06. The Morgan fingerprint density at radius 1 is 0.939 bits per heavy atom. The van der Waals surface area contributed by atoms with Crippen LogP contribution in [0.4, 0.5) is 0 Å². The Morgan fingerprint density at radius 3 is 2.06 bits per heavy atom. The number of nitrogens with zero attached hydrogens (tertiary/aromatic N) is 1. The number of thioether (sulfide) groups is 1. The number of aliphatic carboxylic acids is 1. The molecule has 0 aromatic rings. The van der Waals surface area contributed by atoms with Gasteiger partial charge in [-0.15, -0.1) is 0 Å². The fraction of sp³-hybridized carbons (Fsp3) is 0.750. The first-order valence-corrected chi connectivity index (χ1v) is 12.2. The van der Waals surface area contributed by atoms with Gasteiger partial charge >= 0.3 is 5.97 Å². The number of nitrogens with two attached hydrogens (primary N) is 3. The summed E-state index contributed by atoms with van der Waals surface area (Å²) in [7, 11) is 0. The van der Waals surface area contributed by atoms with Gasteiger partial charge in [-0.05, 0) is 50.5 Å². The maximum atomic E-state index is 12.7. The molecule has 190 valence electrons. The predicted octanol–water partition coefficient (Wildman–Crippen LogP) is -1.27. The number of carbonyl (C=O) groups is 4. The Balaban J connectivity index is 5.05. The van der Waals surface area contributed by atoms with Gasteiger partial charge in [0.15, 0.2) is 5.96 Å². The van der Waals surface area contributed by atoms with Crippen molar-refractivity contribution in [2.75, 3.05) is 18.6 Å². The third-order valence-electron chi connectivity index (χ3n) is 4.62. The fourth-order valence-electron chi connectivity index (χ4n) is 2.84. The van der Waals surface area contributed by atoms with Crippen LogP contribution < -0.4 is 33.2 Å². The molecule has 12 nitrogen and oxygen atoms in total. The highest BCUT2D eigenvalue weighted by atomic mass is 32.2. The van der Waals surface area contributed by atoms with Crippen LogP contribution >= 0.6 is 11.8 Å². The lowest BCUT2D eigenvalue weighted by molar-refractivity contribution is -0.142. The Kier molecular flexibility index (Phi) is 14.9. The summed E-state index contributed by atoms with van der Waals surface area (Å²) in [4.78, 5) is 52.8. The summed E-state index contributed by atoms with van der Waals surface area (Å²) in [5.74, 6) is -2.18. The minimum absolute atomic E-state index is 0.0999. The van der Waals surface area contributed by atoms with Gasteiger partial charge in [0.2, 0.25) is 17.7 Å². The molecule has 3 amide bonds. The zero-order valence-electron chi connectivity index (χ0n) is 19.8. The molecule has 0 aromatic carbocycles. The molecule has 4 unspecified atom stereocenters. The maximum absolute atomic E-state index is 12.7. The molecule has 33 heavy (non-hydrogen) atoms. The van der Waals surface area contributed by atoms with Crippen LogP contribution in [0, 0.1) is 5.92 Å². The second kappa shape index (κ2) is 16.1. The average molecular weight is 490 g/mol. The van der Waals surface area contributed by atoms with Crippen molar-refractivity contribution in [2.24, 2.45) is 28.1 Å². The number of hydrogen-bond donors (Lipinski definition) is 7. The Morgan fingerprint density at radius 2 is 1.55 bits per heavy atom. The molecule has 0 aliphatic heterocycles. The second-order valence-corrected chi connectivity index (χ2v) is 9.14. The zero-order valence-corrected chi connectivity index (χ0v) is 20.6. The molecule has 0 aromatic heterocycles. The molecule has 0 saturated carbocycles. The number of nitrogens with one attached hydrogen (secondary N) is 3. The first kappa shape index (κ1) is 30.5. The summed E-state index contributed by atoms with van der Waals surface area (Å²) >= 11 is 1.48. The van der Waals surface area contributed by atoms with Gasteiger partial charge in [0, 0.05) is 6.54 Å². The van der Waals surface area contributed by atoms with E-state index in [1.807, 2.05) is 20.1 Å². The molecule has 0 fully saturated rings. The minimum Gasteiger partial charge on any atom is -0.480 e. The molecule has 13 heteroatoms. The maximum Gasteiger partial charge on any atom is 0.326 e. The normalized spacial score (nSPS) is 14.5.